The van der Waals surface area contributed by atoms with E-state index in [2.05, 4.69) is 61.3 Å². The molecule has 4 heteroatoms. The Balaban J connectivity index is 1.74. The van der Waals surface area contributed by atoms with E-state index in [1.54, 1.807) is 0 Å². The monoisotopic (exact) mass is 414 g/mol. The van der Waals surface area contributed by atoms with Crippen LogP contribution in [0.2, 0.25) is 0 Å². The maximum Gasteiger partial charge on any atom is 0.0604 e. The van der Waals surface area contributed by atoms with E-state index in [0.29, 0.717) is 12.1 Å². The van der Waals surface area contributed by atoms with Crippen LogP contribution in [-0.2, 0) is 13.1 Å². The first-order valence-corrected chi connectivity index (χ1v) is 11.4. The normalized spacial score (nSPS) is 19.5. The molecule has 162 valence electrons. The average Bonchev–Trinajstić information content (AvgIpc) is 2.77. The van der Waals surface area contributed by atoms with Crippen LogP contribution in [0.5, 0.6) is 0 Å². The lowest BCUT2D eigenvalue weighted by molar-refractivity contribution is 0.0677. The molecule has 0 spiro atoms. The molecule has 2 unspecified atom stereocenters. The summed E-state index contributed by atoms with van der Waals surface area (Å²) < 4.78 is 0. The Hall–Kier alpha value is -2.56. The second-order valence-electron chi connectivity index (χ2n) is 8.84. The molecule has 3 heterocycles. The predicted molar refractivity (Wildman–Crippen MR) is 127 cm³/mol. The van der Waals surface area contributed by atoms with Gasteiger partial charge in [0.15, 0.2) is 0 Å². The fourth-order valence-electron chi connectivity index (χ4n) is 5.00. The average molecular weight is 415 g/mol. The van der Waals surface area contributed by atoms with Crippen molar-refractivity contribution in [3.63, 3.8) is 0 Å². The number of piperidine rings is 1. The van der Waals surface area contributed by atoms with Crippen LogP contribution in [0, 0.1) is 20.8 Å². The molecule has 0 aliphatic carbocycles. The van der Waals surface area contributed by atoms with Crippen LogP contribution in [0.3, 0.4) is 0 Å². The Labute approximate surface area is 186 Å². The Bertz CT molecular complexity index is 976. The van der Waals surface area contributed by atoms with E-state index in [1.165, 1.54) is 45.6 Å². The maximum absolute atomic E-state index is 4.83. The lowest BCUT2D eigenvalue weighted by atomic mass is 9.88. The third kappa shape index (κ3) is 4.70. The van der Waals surface area contributed by atoms with Gasteiger partial charge >= 0.3 is 0 Å². The zero-order valence-electron chi connectivity index (χ0n) is 19.2. The van der Waals surface area contributed by atoms with Gasteiger partial charge in [-0.05, 0) is 87.0 Å². The van der Waals surface area contributed by atoms with Crippen molar-refractivity contribution in [3.05, 3.63) is 94.1 Å². The zero-order valence-corrected chi connectivity index (χ0v) is 19.2. The summed E-state index contributed by atoms with van der Waals surface area (Å²) in [5, 5.41) is 3.25. The van der Waals surface area contributed by atoms with Crippen molar-refractivity contribution in [1.82, 2.24) is 20.2 Å². The quantitative estimate of drug-likeness (QED) is 0.571. The highest BCUT2D eigenvalue weighted by molar-refractivity contribution is 5.32. The minimum Gasteiger partial charge on any atom is -0.316 e. The summed E-state index contributed by atoms with van der Waals surface area (Å²) in [7, 11) is 2.00. The molecule has 0 bridgehead atoms. The van der Waals surface area contributed by atoms with Gasteiger partial charge in [0.2, 0.25) is 0 Å². The molecule has 0 radical (unpaired) electrons. The van der Waals surface area contributed by atoms with Crippen LogP contribution in [-0.4, -0.2) is 21.9 Å². The van der Waals surface area contributed by atoms with Gasteiger partial charge in [-0.25, -0.2) is 0 Å². The van der Waals surface area contributed by atoms with E-state index in [0.717, 1.165) is 25.9 Å². The van der Waals surface area contributed by atoms with Gasteiger partial charge in [-0.1, -0.05) is 30.3 Å². The summed E-state index contributed by atoms with van der Waals surface area (Å²) in [6, 6.07) is 15.9. The Morgan fingerprint density at radius 3 is 2.00 bits per heavy atom. The predicted octanol–water partition coefficient (Wildman–Crippen LogP) is 5.59. The molecule has 4 nitrogen and oxygen atoms in total. The fourth-order valence-corrected chi connectivity index (χ4v) is 5.00. The maximum atomic E-state index is 4.83. The summed E-state index contributed by atoms with van der Waals surface area (Å²) in [4.78, 5) is 12.3. The Morgan fingerprint density at radius 1 is 0.871 bits per heavy atom. The molecule has 1 aliphatic rings. The summed E-state index contributed by atoms with van der Waals surface area (Å²) in [6.07, 6.45) is 7.34. The summed E-state index contributed by atoms with van der Waals surface area (Å²) in [5.41, 5.74) is 9.05. The summed E-state index contributed by atoms with van der Waals surface area (Å²) in [5.74, 6) is 0. The number of hydrogen-bond donors (Lipinski definition) is 1. The van der Waals surface area contributed by atoms with E-state index in [1.807, 2.05) is 31.6 Å². The van der Waals surface area contributed by atoms with E-state index in [-0.39, 0.29) is 0 Å². The van der Waals surface area contributed by atoms with Gasteiger partial charge in [0.1, 0.15) is 0 Å². The number of pyridine rings is 2. The highest BCUT2D eigenvalue weighted by Crippen LogP contribution is 2.43. The van der Waals surface area contributed by atoms with Crippen molar-refractivity contribution >= 4 is 0 Å². The molecule has 0 amide bonds. The largest absolute Gasteiger partial charge is 0.316 e. The minimum atomic E-state index is 0.303. The summed E-state index contributed by atoms with van der Waals surface area (Å²) in [6.45, 7) is 8.42. The van der Waals surface area contributed by atoms with Crippen LogP contribution in [0.1, 0.15) is 70.6 Å². The third-order valence-corrected chi connectivity index (χ3v) is 6.63. The molecule has 3 aromatic rings. The van der Waals surface area contributed by atoms with Gasteiger partial charge in [-0.3, -0.25) is 14.9 Å². The first-order valence-electron chi connectivity index (χ1n) is 11.4. The van der Waals surface area contributed by atoms with Crippen molar-refractivity contribution in [1.29, 1.82) is 0 Å². The SMILES string of the molecule is CNCc1ccc(CN2C(c3ncccc3C)CCCC2c2ncccc2C)c(C)c1. The van der Waals surface area contributed by atoms with Gasteiger partial charge in [-0.15, -0.1) is 0 Å². The van der Waals surface area contributed by atoms with Gasteiger partial charge in [0.25, 0.3) is 0 Å². The van der Waals surface area contributed by atoms with Gasteiger partial charge in [0.05, 0.1) is 23.5 Å². The first kappa shape index (κ1) is 21.7. The zero-order chi connectivity index (χ0) is 21.8. The Kier molecular flexibility index (Phi) is 6.79. The van der Waals surface area contributed by atoms with Crippen LogP contribution >= 0.6 is 0 Å². The molecule has 1 saturated heterocycles. The van der Waals surface area contributed by atoms with E-state index < -0.39 is 0 Å². The minimum absolute atomic E-state index is 0.303. The lowest BCUT2D eigenvalue weighted by Crippen LogP contribution is -2.37. The molecule has 4 rings (SSSR count). The summed E-state index contributed by atoms with van der Waals surface area (Å²) >= 11 is 0. The number of aryl methyl sites for hydroxylation is 3. The van der Waals surface area contributed by atoms with Gasteiger partial charge in [-0.2, -0.15) is 0 Å². The van der Waals surface area contributed by atoms with Crippen molar-refractivity contribution in [3.8, 4) is 0 Å². The number of aromatic nitrogens is 2. The number of hydrogen-bond acceptors (Lipinski definition) is 4. The topological polar surface area (TPSA) is 41.0 Å². The van der Waals surface area contributed by atoms with Gasteiger partial charge < -0.3 is 5.32 Å². The number of nitrogens with zero attached hydrogens (tertiary/aromatic N) is 3. The number of nitrogens with one attached hydrogen (secondary N) is 1. The first-order chi connectivity index (χ1) is 15.1. The van der Waals surface area contributed by atoms with Crippen molar-refractivity contribution in [2.45, 2.75) is 65.2 Å². The van der Waals surface area contributed by atoms with Crippen LogP contribution in [0.4, 0.5) is 0 Å². The third-order valence-electron chi connectivity index (χ3n) is 6.63. The molecule has 1 N–H and O–H groups in total. The van der Waals surface area contributed by atoms with Crippen molar-refractivity contribution < 1.29 is 0 Å². The molecule has 0 saturated carbocycles. The van der Waals surface area contributed by atoms with Crippen LogP contribution in [0.25, 0.3) is 0 Å². The molecule has 1 aliphatic heterocycles. The molecular formula is C27H34N4. The fraction of sp³-hybridized carbons (Fsp3) is 0.407. The van der Waals surface area contributed by atoms with E-state index >= 15 is 0 Å². The highest BCUT2D eigenvalue weighted by Gasteiger charge is 2.35. The number of likely N-dealkylation sites (tertiary alicyclic amines) is 1. The molecule has 31 heavy (non-hydrogen) atoms. The standard InChI is InChI=1S/C27H34N4/c1-19-8-6-14-29-26(19)24-10-5-11-25(27-20(2)9-7-15-30-27)31(24)18-23-13-12-22(17-28-4)16-21(23)3/h6-9,12-16,24-25,28H,5,10-11,17-18H2,1-4H3. The van der Waals surface area contributed by atoms with E-state index in [9.17, 15) is 0 Å². The molecule has 1 aromatic carbocycles. The number of rotatable bonds is 6. The van der Waals surface area contributed by atoms with Crippen molar-refractivity contribution in [2.24, 2.45) is 0 Å². The van der Waals surface area contributed by atoms with Gasteiger partial charge in [0, 0.05) is 25.5 Å². The Morgan fingerprint density at radius 2 is 1.48 bits per heavy atom. The number of benzene rings is 1. The molecule has 1 fully saturated rings. The lowest BCUT2D eigenvalue weighted by Gasteiger charge is -2.42. The van der Waals surface area contributed by atoms with E-state index in [4.69, 9.17) is 9.97 Å². The second kappa shape index (κ2) is 9.71. The highest BCUT2D eigenvalue weighted by atomic mass is 15.2. The molecular weight excluding hydrogens is 380 g/mol. The molecule has 2 atom stereocenters. The molecule has 2 aromatic heterocycles. The van der Waals surface area contributed by atoms with Crippen molar-refractivity contribution in [2.75, 3.05) is 7.05 Å². The van der Waals surface area contributed by atoms with Crippen LogP contribution < -0.4 is 5.32 Å². The smallest absolute Gasteiger partial charge is 0.0604 e. The van der Waals surface area contributed by atoms with Crippen LogP contribution in [0.15, 0.2) is 54.9 Å². The second-order valence-corrected chi connectivity index (χ2v) is 8.84.